The summed E-state index contributed by atoms with van der Waals surface area (Å²) in [5, 5.41) is 18.0. The number of nitrogens with zero attached hydrogens (tertiary/aromatic N) is 4. The number of benzene rings is 3. The lowest BCUT2D eigenvalue weighted by atomic mass is 9.75. The summed E-state index contributed by atoms with van der Waals surface area (Å²) in [6, 6.07) is 21.0. The molecule has 324 valence electrons. The molecule has 6 aromatic rings. The summed E-state index contributed by atoms with van der Waals surface area (Å²) in [5.74, 6) is -1.38. The number of anilines is 2. The molecule has 3 aromatic heterocycles. The highest BCUT2D eigenvalue weighted by Gasteiger charge is 2.46. The number of hydrogen-bond donors (Lipinski definition) is 3. The number of pyridine rings is 1. The molecule has 4 heterocycles. The van der Waals surface area contributed by atoms with Gasteiger partial charge in [0.15, 0.2) is 0 Å². The van der Waals surface area contributed by atoms with Gasteiger partial charge in [-0.2, -0.15) is 0 Å². The largest absolute Gasteiger partial charge is 0.478 e. The monoisotopic (exact) mass is 864 g/mol. The summed E-state index contributed by atoms with van der Waals surface area (Å²) < 4.78 is 8.38. The molecule has 13 heteroatoms. The first kappa shape index (κ1) is 42.0. The summed E-state index contributed by atoms with van der Waals surface area (Å²) in [6.45, 7) is 10.4. The fourth-order valence-corrected chi connectivity index (χ4v) is 10.4. The maximum absolute atomic E-state index is 14.3. The van der Waals surface area contributed by atoms with E-state index in [2.05, 4.69) is 44.5 Å². The Morgan fingerprint density at radius 2 is 1.63 bits per heavy atom. The number of fused-ring (bicyclic) bond motifs is 7. The molecule has 2 saturated carbocycles. The highest BCUT2D eigenvalue weighted by Crippen LogP contribution is 2.49. The maximum Gasteiger partial charge on any atom is 0.414 e. The van der Waals surface area contributed by atoms with Crippen LogP contribution in [0.15, 0.2) is 72.8 Å². The first-order valence-corrected chi connectivity index (χ1v) is 22.7. The number of nitrogens with one attached hydrogen (secondary N) is 2. The predicted octanol–water partition coefficient (Wildman–Crippen LogP) is 10.8. The number of rotatable bonds is 8. The second-order valence-electron chi connectivity index (χ2n) is 18.1. The van der Waals surface area contributed by atoms with Crippen molar-refractivity contribution in [2.75, 3.05) is 16.8 Å². The Balaban J connectivity index is 1.12. The van der Waals surface area contributed by atoms with Gasteiger partial charge in [-0.25, -0.2) is 19.6 Å². The van der Waals surface area contributed by atoms with Crippen LogP contribution >= 0.6 is 11.3 Å². The molecule has 3 N–H and O–H groups in total. The van der Waals surface area contributed by atoms with Crippen molar-refractivity contribution in [2.24, 2.45) is 0 Å². The smallest absolute Gasteiger partial charge is 0.414 e. The Bertz CT molecular complexity index is 2840. The van der Waals surface area contributed by atoms with Crippen LogP contribution in [0.3, 0.4) is 0 Å². The summed E-state index contributed by atoms with van der Waals surface area (Å²) >= 11 is 1.62. The van der Waals surface area contributed by atoms with Crippen molar-refractivity contribution < 1.29 is 29.0 Å². The Morgan fingerprint density at radius 3 is 2.30 bits per heavy atom. The Labute approximate surface area is 370 Å². The molecule has 3 aliphatic rings. The van der Waals surface area contributed by atoms with Crippen LogP contribution in [0.2, 0.25) is 0 Å². The van der Waals surface area contributed by atoms with Gasteiger partial charge in [0.2, 0.25) is 5.91 Å². The minimum atomic E-state index is -1.07. The summed E-state index contributed by atoms with van der Waals surface area (Å²) in [4.78, 5) is 66.0. The highest BCUT2D eigenvalue weighted by molar-refractivity contribution is 7.15. The highest BCUT2D eigenvalue weighted by atomic mass is 32.1. The molecule has 3 amide bonds. The van der Waals surface area contributed by atoms with Gasteiger partial charge in [0.1, 0.15) is 11.1 Å². The second-order valence-corrected chi connectivity index (χ2v) is 19.3. The first-order valence-electron chi connectivity index (χ1n) is 21.9. The molecule has 0 radical (unpaired) electrons. The van der Waals surface area contributed by atoms with Gasteiger partial charge in [0, 0.05) is 52.3 Å². The van der Waals surface area contributed by atoms with E-state index < -0.39 is 23.2 Å². The van der Waals surface area contributed by atoms with E-state index in [1.165, 1.54) is 18.1 Å². The molecule has 2 aliphatic carbocycles. The Kier molecular flexibility index (Phi) is 10.9. The van der Waals surface area contributed by atoms with E-state index in [4.69, 9.17) is 14.8 Å². The van der Waals surface area contributed by atoms with Gasteiger partial charge in [-0.3, -0.25) is 14.5 Å². The Morgan fingerprint density at radius 1 is 0.889 bits per heavy atom. The number of carboxylic acid groups (broad SMARTS) is 1. The van der Waals surface area contributed by atoms with Crippen LogP contribution in [0.5, 0.6) is 0 Å². The zero-order valence-electron chi connectivity index (χ0n) is 36.3. The molecule has 12 nitrogen and oxygen atoms in total. The number of carboxylic acids is 1. The zero-order valence-corrected chi connectivity index (χ0v) is 37.2. The summed E-state index contributed by atoms with van der Waals surface area (Å²) in [6.07, 6.45) is 9.46. The van der Waals surface area contributed by atoms with E-state index in [0.29, 0.717) is 42.7 Å². The standard InChI is InChI=1S/C50H52N6O6S/c1-29-45(63-30(2)51-29)39-22-19-35-38(53-39)21-20-37-43(35)56(48(61)62-49(3,4)5)27-26-55-40-28-33(15-18-36(40)42(44(37)55)32-10-7-6-8-11-32)46(59)54-50(24-9-25-50)47(60)52-34-16-12-31(13-17-34)14-23-41(57)58/h12-23,28,32H,6-11,24-27H2,1-5H3,(H,52,60)(H,54,59)(H,57,58)/b23-14+. The molecular weight excluding hydrogens is 813 g/mol. The van der Waals surface area contributed by atoms with E-state index in [0.717, 1.165) is 98.2 Å². The van der Waals surface area contributed by atoms with Crippen LogP contribution in [0.25, 0.3) is 49.7 Å². The van der Waals surface area contributed by atoms with Crippen molar-refractivity contribution in [3.05, 3.63) is 100 Å². The van der Waals surface area contributed by atoms with Crippen molar-refractivity contribution in [3.8, 4) is 21.8 Å². The van der Waals surface area contributed by atoms with Crippen molar-refractivity contribution in [3.63, 3.8) is 0 Å². The van der Waals surface area contributed by atoms with E-state index in [9.17, 15) is 19.2 Å². The van der Waals surface area contributed by atoms with Crippen LogP contribution in [0.4, 0.5) is 16.2 Å². The van der Waals surface area contributed by atoms with Crippen LogP contribution in [0.1, 0.15) is 110 Å². The van der Waals surface area contributed by atoms with Gasteiger partial charge < -0.3 is 25.0 Å². The van der Waals surface area contributed by atoms with Crippen LogP contribution in [-0.2, 0) is 20.9 Å². The van der Waals surface area contributed by atoms with Gasteiger partial charge in [-0.1, -0.05) is 37.5 Å². The molecular formula is C50H52N6O6S. The minimum Gasteiger partial charge on any atom is -0.478 e. The third-order valence-corrected chi connectivity index (χ3v) is 13.7. The fraction of sp³-hybridized carbons (Fsp3) is 0.360. The number of aryl methyl sites for hydroxylation is 2. The third kappa shape index (κ3) is 8.10. The van der Waals surface area contributed by atoms with E-state index in [1.54, 1.807) is 40.5 Å². The van der Waals surface area contributed by atoms with E-state index >= 15 is 0 Å². The molecule has 0 saturated heterocycles. The van der Waals surface area contributed by atoms with Crippen molar-refractivity contribution in [1.29, 1.82) is 0 Å². The molecule has 9 rings (SSSR count). The molecule has 1 aliphatic heterocycles. The van der Waals surface area contributed by atoms with E-state index in [1.807, 2.05) is 52.8 Å². The van der Waals surface area contributed by atoms with Gasteiger partial charge in [0.05, 0.1) is 38.2 Å². The SMILES string of the molecule is Cc1nc(C)c(-c2ccc3c4c(ccc3n2)-c2c(C3CCCCC3)c3ccc(C(=O)NC5(C(=O)Nc6ccc(/C=C/C(=O)O)cc6)CCC5)cc3n2CCN4C(=O)OC(C)(C)C)s1. The number of thiazole rings is 1. The predicted molar refractivity (Wildman–Crippen MR) is 248 cm³/mol. The lowest BCUT2D eigenvalue weighted by Gasteiger charge is -2.40. The van der Waals surface area contributed by atoms with E-state index in [-0.39, 0.29) is 17.7 Å². The molecule has 0 bridgehead atoms. The van der Waals surface area contributed by atoms with Gasteiger partial charge in [0.25, 0.3) is 5.91 Å². The molecule has 0 atom stereocenters. The lowest BCUT2D eigenvalue weighted by Crippen LogP contribution is -2.61. The summed E-state index contributed by atoms with van der Waals surface area (Å²) in [5.41, 5.74) is 7.32. The van der Waals surface area contributed by atoms with Crippen LogP contribution in [0, 0.1) is 13.8 Å². The third-order valence-electron chi connectivity index (χ3n) is 12.6. The van der Waals surface area contributed by atoms with Crippen molar-refractivity contribution in [1.82, 2.24) is 19.9 Å². The van der Waals surface area contributed by atoms with Gasteiger partial charge in [-0.15, -0.1) is 11.3 Å². The second kappa shape index (κ2) is 16.4. The number of hydrogen-bond acceptors (Lipinski definition) is 8. The quantitative estimate of drug-likeness (QED) is 0.128. The summed E-state index contributed by atoms with van der Waals surface area (Å²) in [7, 11) is 0. The van der Waals surface area contributed by atoms with Gasteiger partial charge in [-0.05, 0) is 138 Å². The number of amides is 3. The Hall–Kier alpha value is -6.34. The maximum atomic E-state index is 14.3. The molecule has 2 fully saturated rings. The number of carbonyl (C=O) groups is 4. The van der Waals surface area contributed by atoms with Crippen molar-refractivity contribution >= 4 is 74.5 Å². The fourth-order valence-electron chi connectivity index (χ4n) is 9.55. The zero-order chi connectivity index (χ0) is 44.2. The lowest BCUT2D eigenvalue weighted by molar-refractivity contribution is -0.131. The van der Waals surface area contributed by atoms with Crippen molar-refractivity contribution in [2.45, 2.75) is 110 Å². The molecule has 0 spiro atoms. The first-order chi connectivity index (χ1) is 30.2. The average molecular weight is 865 g/mol. The van der Waals surface area contributed by atoms with Gasteiger partial charge >= 0.3 is 12.1 Å². The number of ether oxygens (including phenoxy) is 1. The number of aliphatic carboxylic acids is 1. The normalized spacial score (nSPS) is 16.3. The molecule has 3 aromatic carbocycles. The van der Waals surface area contributed by atoms with Crippen LogP contribution < -0.4 is 15.5 Å². The molecule has 0 unspecified atom stereocenters. The topological polar surface area (TPSA) is 156 Å². The average Bonchev–Trinajstić information content (AvgIpc) is 3.69. The minimum absolute atomic E-state index is 0.288. The number of carbonyl (C=O) groups excluding carboxylic acids is 3. The van der Waals surface area contributed by atoms with Crippen LogP contribution in [-0.4, -0.2) is 61.2 Å². The molecule has 63 heavy (non-hydrogen) atoms. The number of aromatic nitrogens is 3.